The molecular weight excluding hydrogens is 274 g/mol. The number of benzene rings is 1. The zero-order chi connectivity index (χ0) is 14.8. The molecule has 1 aromatic carbocycles. The van der Waals surface area contributed by atoms with E-state index in [1.165, 1.54) is 0 Å². The van der Waals surface area contributed by atoms with Crippen molar-refractivity contribution in [2.75, 3.05) is 18.9 Å². The highest BCUT2D eigenvalue weighted by Gasteiger charge is 2.40. The van der Waals surface area contributed by atoms with Gasteiger partial charge in [-0.05, 0) is 32.8 Å². The quantitative estimate of drug-likeness (QED) is 0.854. The molecule has 0 saturated carbocycles. The average Bonchev–Trinajstić information content (AvgIpc) is 2.40. The van der Waals surface area contributed by atoms with E-state index in [9.17, 15) is 8.42 Å². The fourth-order valence-electron chi connectivity index (χ4n) is 2.44. The number of nitrogens with zero attached hydrogens (tertiary/aromatic N) is 1. The van der Waals surface area contributed by atoms with Gasteiger partial charge in [-0.1, -0.05) is 30.3 Å². The molecular formula is C15H23NO3S. The van der Waals surface area contributed by atoms with E-state index < -0.39 is 15.6 Å². The van der Waals surface area contributed by atoms with E-state index in [1.807, 2.05) is 51.1 Å². The van der Waals surface area contributed by atoms with E-state index in [0.29, 0.717) is 19.6 Å². The molecule has 1 aliphatic rings. The highest BCUT2D eigenvalue weighted by atomic mass is 32.2. The molecule has 1 fully saturated rings. The Morgan fingerprint density at radius 3 is 2.60 bits per heavy atom. The molecule has 0 aromatic heterocycles. The smallest absolute Gasteiger partial charge is 0.215 e. The van der Waals surface area contributed by atoms with Gasteiger partial charge in [-0.25, -0.2) is 8.42 Å². The summed E-state index contributed by atoms with van der Waals surface area (Å²) in [5.41, 5.74) is 0.581. The summed E-state index contributed by atoms with van der Waals surface area (Å²) in [6, 6.07) is 9.72. The predicted octanol–water partition coefficient (Wildman–Crippen LogP) is 2.06. The van der Waals surface area contributed by atoms with Gasteiger partial charge in [0.2, 0.25) is 10.0 Å². The topological polar surface area (TPSA) is 46.6 Å². The van der Waals surface area contributed by atoms with Crippen LogP contribution in [0.25, 0.3) is 0 Å². The Hall–Kier alpha value is -0.910. The number of rotatable bonds is 4. The normalized spacial score (nSPS) is 23.6. The van der Waals surface area contributed by atoms with Crippen LogP contribution in [-0.2, 0) is 21.2 Å². The number of sulfonamides is 1. The first-order valence-electron chi connectivity index (χ1n) is 6.97. The van der Waals surface area contributed by atoms with Crippen molar-refractivity contribution in [1.29, 1.82) is 0 Å². The molecule has 0 unspecified atom stereocenters. The van der Waals surface area contributed by atoms with Crippen LogP contribution in [0.1, 0.15) is 26.3 Å². The maximum atomic E-state index is 12.6. The Kier molecular flexibility index (Phi) is 4.52. The molecule has 1 heterocycles. The SMILES string of the molecule is C[C@@H]1CN(S(=O)(=O)CCc2ccccc2)C(C)(C)CO1. The lowest BCUT2D eigenvalue weighted by molar-refractivity contribution is -0.0550. The van der Waals surface area contributed by atoms with Gasteiger partial charge in [-0.3, -0.25) is 0 Å². The molecule has 0 aliphatic carbocycles. The summed E-state index contributed by atoms with van der Waals surface area (Å²) in [4.78, 5) is 0. The monoisotopic (exact) mass is 297 g/mol. The van der Waals surface area contributed by atoms with E-state index in [1.54, 1.807) is 4.31 Å². The van der Waals surface area contributed by atoms with Crippen molar-refractivity contribution in [1.82, 2.24) is 4.31 Å². The highest BCUT2D eigenvalue weighted by Crippen LogP contribution is 2.25. The molecule has 1 atom stereocenters. The molecule has 0 N–H and O–H groups in total. The lowest BCUT2D eigenvalue weighted by Crippen LogP contribution is -2.58. The lowest BCUT2D eigenvalue weighted by Gasteiger charge is -2.43. The van der Waals surface area contributed by atoms with Gasteiger partial charge in [0.25, 0.3) is 0 Å². The highest BCUT2D eigenvalue weighted by molar-refractivity contribution is 7.89. The molecule has 1 saturated heterocycles. The van der Waals surface area contributed by atoms with Crippen LogP contribution in [-0.4, -0.2) is 43.3 Å². The van der Waals surface area contributed by atoms with Gasteiger partial charge in [0.05, 0.1) is 24.0 Å². The molecule has 0 bridgehead atoms. The van der Waals surface area contributed by atoms with Crippen LogP contribution in [0.4, 0.5) is 0 Å². The fraction of sp³-hybridized carbons (Fsp3) is 0.600. The summed E-state index contributed by atoms with van der Waals surface area (Å²) in [6.07, 6.45) is 0.500. The third kappa shape index (κ3) is 3.59. The van der Waals surface area contributed by atoms with Crippen molar-refractivity contribution in [3.8, 4) is 0 Å². The maximum absolute atomic E-state index is 12.6. The van der Waals surface area contributed by atoms with Crippen LogP contribution in [0.5, 0.6) is 0 Å². The molecule has 0 amide bonds. The summed E-state index contributed by atoms with van der Waals surface area (Å²) in [5, 5.41) is 0. The second kappa shape index (κ2) is 5.84. The molecule has 5 heteroatoms. The predicted molar refractivity (Wildman–Crippen MR) is 80.1 cm³/mol. The Morgan fingerprint density at radius 1 is 1.30 bits per heavy atom. The van der Waals surface area contributed by atoms with Crippen LogP contribution >= 0.6 is 0 Å². The minimum atomic E-state index is -3.27. The standard InChI is InChI=1S/C15H23NO3S/c1-13-11-16(15(2,3)12-19-13)20(17,18)10-9-14-7-5-4-6-8-14/h4-8,13H,9-12H2,1-3H3/t13-/m1/s1. The van der Waals surface area contributed by atoms with Crippen molar-refractivity contribution >= 4 is 10.0 Å². The Balaban J connectivity index is 2.09. The van der Waals surface area contributed by atoms with Crippen molar-refractivity contribution in [3.63, 3.8) is 0 Å². The van der Waals surface area contributed by atoms with Gasteiger partial charge in [0.1, 0.15) is 0 Å². The number of hydrogen-bond donors (Lipinski definition) is 0. The number of morpholine rings is 1. The van der Waals surface area contributed by atoms with Gasteiger partial charge < -0.3 is 4.74 Å². The first-order chi connectivity index (χ1) is 9.31. The zero-order valence-corrected chi connectivity index (χ0v) is 13.2. The first kappa shape index (κ1) is 15.5. The molecule has 0 spiro atoms. The molecule has 1 aliphatic heterocycles. The summed E-state index contributed by atoms with van der Waals surface area (Å²) < 4.78 is 32.4. The molecule has 20 heavy (non-hydrogen) atoms. The van der Waals surface area contributed by atoms with Crippen LogP contribution in [0, 0.1) is 0 Å². The van der Waals surface area contributed by atoms with Gasteiger partial charge in [0, 0.05) is 6.54 Å². The van der Waals surface area contributed by atoms with Gasteiger partial charge >= 0.3 is 0 Å². The van der Waals surface area contributed by atoms with E-state index in [-0.39, 0.29) is 11.9 Å². The minimum absolute atomic E-state index is 0.0467. The number of aryl methyl sites for hydroxylation is 1. The van der Waals surface area contributed by atoms with E-state index in [0.717, 1.165) is 5.56 Å². The number of hydrogen-bond acceptors (Lipinski definition) is 3. The minimum Gasteiger partial charge on any atom is -0.375 e. The van der Waals surface area contributed by atoms with Crippen LogP contribution in [0.3, 0.4) is 0 Å². The third-order valence-corrected chi connectivity index (χ3v) is 5.68. The van der Waals surface area contributed by atoms with Gasteiger partial charge in [-0.15, -0.1) is 0 Å². The lowest BCUT2D eigenvalue weighted by atomic mass is 10.1. The fourth-order valence-corrected chi connectivity index (χ4v) is 4.40. The summed E-state index contributed by atoms with van der Waals surface area (Å²) in [5.74, 6) is 0.146. The Morgan fingerprint density at radius 2 is 1.95 bits per heavy atom. The summed E-state index contributed by atoms with van der Waals surface area (Å²) >= 11 is 0. The third-order valence-electron chi connectivity index (χ3n) is 3.65. The molecule has 2 rings (SSSR count). The first-order valence-corrected chi connectivity index (χ1v) is 8.58. The van der Waals surface area contributed by atoms with E-state index in [4.69, 9.17) is 4.74 Å². The van der Waals surface area contributed by atoms with Crippen molar-refractivity contribution < 1.29 is 13.2 Å². The second-order valence-electron chi connectivity index (χ2n) is 6.02. The van der Waals surface area contributed by atoms with Gasteiger partial charge in [0.15, 0.2) is 0 Å². The van der Waals surface area contributed by atoms with Gasteiger partial charge in [-0.2, -0.15) is 4.31 Å². The molecule has 1 aromatic rings. The van der Waals surface area contributed by atoms with Crippen LogP contribution in [0.2, 0.25) is 0 Å². The average molecular weight is 297 g/mol. The molecule has 4 nitrogen and oxygen atoms in total. The molecule has 0 radical (unpaired) electrons. The van der Waals surface area contributed by atoms with Crippen molar-refractivity contribution in [3.05, 3.63) is 35.9 Å². The number of ether oxygens (including phenoxy) is 1. The van der Waals surface area contributed by atoms with E-state index >= 15 is 0 Å². The van der Waals surface area contributed by atoms with Crippen LogP contribution < -0.4 is 0 Å². The Labute approximate surface area is 121 Å². The van der Waals surface area contributed by atoms with Crippen molar-refractivity contribution in [2.24, 2.45) is 0 Å². The maximum Gasteiger partial charge on any atom is 0.215 e. The second-order valence-corrected chi connectivity index (χ2v) is 8.03. The summed E-state index contributed by atoms with van der Waals surface area (Å²) in [6.45, 7) is 6.62. The summed E-state index contributed by atoms with van der Waals surface area (Å²) in [7, 11) is -3.27. The molecule has 112 valence electrons. The Bertz CT molecular complexity index is 539. The van der Waals surface area contributed by atoms with Crippen molar-refractivity contribution in [2.45, 2.75) is 38.8 Å². The zero-order valence-electron chi connectivity index (χ0n) is 12.4. The van der Waals surface area contributed by atoms with Crippen LogP contribution in [0.15, 0.2) is 30.3 Å². The van der Waals surface area contributed by atoms with E-state index in [2.05, 4.69) is 0 Å². The largest absolute Gasteiger partial charge is 0.375 e.